The minimum Gasteiger partial charge on any atom is -0.0843 e. The van der Waals surface area contributed by atoms with Gasteiger partial charge >= 0.3 is 0 Å². The SMILES string of the molecule is Clc1[c]c(-c2cccc(Cl)c2)ccc1. The van der Waals surface area contributed by atoms with Crippen molar-refractivity contribution in [1.29, 1.82) is 0 Å². The summed E-state index contributed by atoms with van der Waals surface area (Å²) in [5, 5.41) is 1.33. The molecule has 0 N–H and O–H groups in total. The van der Waals surface area contributed by atoms with E-state index in [0.717, 1.165) is 16.1 Å². The van der Waals surface area contributed by atoms with Crippen LogP contribution in [-0.4, -0.2) is 0 Å². The molecule has 2 aromatic carbocycles. The number of halogens is 2. The van der Waals surface area contributed by atoms with Crippen LogP contribution in [0.5, 0.6) is 0 Å². The smallest absolute Gasteiger partial charge is 0.0491 e. The zero-order valence-electron chi connectivity index (χ0n) is 7.30. The van der Waals surface area contributed by atoms with Crippen LogP contribution in [0.2, 0.25) is 10.0 Å². The van der Waals surface area contributed by atoms with Gasteiger partial charge in [-0.25, -0.2) is 0 Å². The first-order valence-corrected chi connectivity index (χ1v) is 4.95. The third-order valence-electron chi connectivity index (χ3n) is 1.90. The number of rotatable bonds is 1. The second-order valence-electron chi connectivity index (χ2n) is 2.92. The van der Waals surface area contributed by atoms with Crippen molar-refractivity contribution in [2.75, 3.05) is 0 Å². The van der Waals surface area contributed by atoms with Crippen LogP contribution in [0.4, 0.5) is 0 Å². The topological polar surface area (TPSA) is 0 Å². The largest absolute Gasteiger partial charge is 0.0843 e. The minimum absolute atomic E-state index is 0.613. The highest BCUT2D eigenvalue weighted by Crippen LogP contribution is 2.24. The van der Waals surface area contributed by atoms with Gasteiger partial charge in [0.2, 0.25) is 0 Å². The fourth-order valence-corrected chi connectivity index (χ4v) is 1.63. The predicted octanol–water partition coefficient (Wildman–Crippen LogP) is 4.46. The molecule has 0 saturated carbocycles. The van der Waals surface area contributed by atoms with Crippen molar-refractivity contribution in [2.24, 2.45) is 0 Å². The first-order valence-electron chi connectivity index (χ1n) is 4.19. The molecule has 0 spiro atoms. The van der Waals surface area contributed by atoms with Gasteiger partial charge in [-0.05, 0) is 29.3 Å². The third kappa shape index (κ3) is 2.09. The maximum Gasteiger partial charge on any atom is 0.0491 e. The molecule has 0 heterocycles. The normalized spacial score (nSPS) is 10.1. The van der Waals surface area contributed by atoms with Gasteiger partial charge < -0.3 is 0 Å². The lowest BCUT2D eigenvalue weighted by Gasteiger charge is -2.01. The quantitative estimate of drug-likeness (QED) is 0.668. The molecule has 0 aromatic heterocycles. The summed E-state index contributed by atoms with van der Waals surface area (Å²) in [6.45, 7) is 0. The minimum atomic E-state index is 0.613. The standard InChI is InChI=1S/C12H7Cl2/c13-11-5-1-3-9(7-11)10-4-2-6-12(14)8-10/h1-7H. The van der Waals surface area contributed by atoms with E-state index in [2.05, 4.69) is 6.07 Å². The first kappa shape index (κ1) is 9.57. The van der Waals surface area contributed by atoms with E-state index < -0.39 is 0 Å². The molecule has 0 bridgehead atoms. The highest BCUT2D eigenvalue weighted by molar-refractivity contribution is 6.31. The Labute approximate surface area is 93.1 Å². The van der Waals surface area contributed by atoms with E-state index in [-0.39, 0.29) is 0 Å². The summed E-state index contributed by atoms with van der Waals surface area (Å²) in [6, 6.07) is 16.3. The number of hydrogen-bond acceptors (Lipinski definition) is 0. The Morgan fingerprint density at radius 2 is 1.71 bits per heavy atom. The van der Waals surface area contributed by atoms with Gasteiger partial charge in [0, 0.05) is 16.1 Å². The van der Waals surface area contributed by atoms with E-state index in [1.807, 2.05) is 36.4 Å². The highest BCUT2D eigenvalue weighted by Gasteiger charge is 1.98. The Bertz CT molecular complexity index is 406. The molecule has 0 saturated heterocycles. The summed E-state index contributed by atoms with van der Waals surface area (Å²) < 4.78 is 0. The molecule has 2 heteroatoms. The van der Waals surface area contributed by atoms with E-state index >= 15 is 0 Å². The second kappa shape index (κ2) is 4.04. The van der Waals surface area contributed by atoms with Crippen molar-refractivity contribution < 1.29 is 0 Å². The lowest BCUT2D eigenvalue weighted by atomic mass is 10.1. The van der Waals surface area contributed by atoms with Gasteiger partial charge in [-0.1, -0.05) is 47.5 Å². The van der Waals surface area contributed by atoms with Crippen LogP contribution in [0, 0.1) is 6.07 Å². The predicted molar refractivity (Wildman–Crippen MR) is 60.7 cm³/mol. The lowest BCUT2D eigenvalue weighted by Crippen LogP contribution is -1.77. The van der Waals surface area contributed by atoms with E-state index in [0.29, 0.717) is 5.02 Å². The average Bonchev–Trinajstić information content (AvgIpc) is 2.18. The summed E-state index contributed by atoms with van der Waals surface area (Å²) in [5.74, 6) is 0. The van der Waals surface area contributed by atoms with Crippen LogP contribution in [0.1, 0.15) is 0 Å². The summed E-state index contributed by atoms with van der Waals surface area (Å²) >= 11 is 11.7. The lowest BCUT2D eigenvalue weighted by molar-refractivity contribution is 1.61. The molecule has 0 unspecified atom stereocenters. The highest BCUT2D eigenvalue weighted by atomic mass is 35.5. The van der Waals surface area contributed by atoms with E-state index in [1.54, 1.807) is 6.07 Å². The second-order valence-corrected chi connectivity index (χ2v) is 3.77. The number of hydrogen-bond donors (Lipinski definition) is 0. The van der Waals surface area contributed by atoms with Gasteiger partial charge in [0.15, 0.2) is 0 Å². The molecule has 0 aliphatic heterocycles. The van der Waals surface area contributed by atoms with Crippen LogP contribution in [-0.2, 0) is 0 Å². The van der Waals surface area contributed by atoms with Crippen molar-refractivity contribution in [3.05, 3.63) is 58.6 Å². The zero-order chi connectivity index (χ0) is 9.97. The maximum atomic E-state index is 5.89. The monoisotopic (exact) mass is 221 g/mol. The molecular formula is C12H7Cl2. The van der Waals surface area contributed by atoms with Crippen LogP contribution in [0.3, 0.4) is 0 Å². The summed E-state index contributed by atoms with van der Waals surface area (Å²) in [6.07, 6.45) is 0. The van der Waals surface area contributed by atoms with Crippen LogP contribution in [0.15, 0.2) is 42.5 Å². The Hall–Kier alpha value is -0.980. The van der Waals surface area contributed by atoms with Crippen molar-refractivity contribution in [3.63, 3.8) is 0 Å². The summed E-state index contributed by atoms with van der Waals surface area (Å²) in [5.41, 5.74) is 1.99. The summed E-state index contributed by atoms with van der Waals surface area (Å²) in [4.78, 5) is 0. The van der Waals surface area contributed by atoms with Gasteiger partial charge in [-0.15, -0.1) is 0 Å². The van der Waals surface area contributed by atoms with E-state index in [4.69, 9.17) is 23.2 Å². The molecule has 1 radical (unpaired) electrons. The van der Waals surface area contributed by atoms with Gasteiger partial charge in [0.25, 0.3) is 0 Å². The molecule has 2 aromatic rings. The summed E-state index contributed by atoms with van der Waals surface area (Å²) in [7, 11) is 0. The van der Waals surface area contributed by atoms with Gasteiger partial charge in [-0.3, -0.25) is 0 Å². The van der Waals surface area contributed by atoms with Crippen molar-refractivity contribution >= 4 is 23.2 Å². The molecule has 0 aliphatic rings. The Morgan fingerprint density at radius 1 is 0.929 bits per heavy atom. The molecule has 2 rings (SSSR count). The zero-order valence-corrected chi connectivity index (χ0v) is 8.81. The molecular weight excluding hydrogens is 215 g/mol. The van der Waals surface area contributed by atoms with Crippen molar-refractivity contribution in [1.82, 2.24) is 0 Å². The molecule has 0 amide bonds. The average molecular weight is 222 g/mol. The molecule has 0 fully saturated rings. The molecule has 0 atom stereocenters. The Kier molecular flexibility index (Phi) is 2.76. The molecule has 0 nitrogen and oxygen atoms in total. The first-order chi connectivity index (χ1) is 6.75. The van der Waals surface area contributed by atoms with Crippen LogP contribution in [0.25, 0.3) is 11.1 Å². The maximum absolute atomic E-state index is 5.89. The fraction of sp³-hybridized carbons (Fsp3) is 0. The third-order valence-corrected chi connectivity index (χ3v) is 2.35. The molecule has 0 aliphatic carbocycles. The van der Waals surface area contributed by atoms with Crippen molar-refractivity contribution in [2.45, 2.75) is 0 Å². The molecule has 69 valence electrons. The molecule has 14 heavy (non-hydrogen) atoms. The van der Waals surface area contributed by atoms with Gasteiger partial charge in [0.1, 0.15) is 0 Å². The van der Waals surface area contributed by atoms with E-state index in [1.165, 1.54) is 0 Å². The van der Waals surface area contributed by atoms with E-state index in [9.17, 15) is 0 Å². The fourth-order valence-electron chi connectivity index (χ4n) is 1.27. The Balaban J connectivity index is 2.49. The Morgan fingerprint density at radius 3 is 2.43 bits per heavy atom. The number of benzene rings is 2. The van der Waals surface area contributed by atoms with Gasteiger partial charge in [0.05, 0.1) is 0 Å². The van der Waals surface area contributed by atoms with Crippen LogP contribution < -0.4 is 0 Å². The van der Waals surface area contributed by atoms with Crippen molar-refractivity contribution in [3.8, 4) is 11.1 Å². The van der Waals surface area contributed by atoms with Gasteiger partial charge in [-0.2, -0.15) is 0 Å². The van der Waals surface area contributed by atoms with Crippen LogP contribution >= 0.6 is 23.2 Å².